The van der Waals surface area contributed by atoms with E-state index in [1.807, 2.05) is 0 Å². The van der Waals surface area contributed by atoms with Crippen LogP contribution in [-0.2, 0) is 4.79 Å². The van der Waals surface area contributed by atoms with Crippen molar-refractivity contribution in [2.45, 2.75) is 6.92 Å². The molecule has 1 heterocycles. The van der Waals surface area contributed by atoms with Crippen molar-refractivity contribution in [3.05, 3.63) is 51.1 Å². The molecule has 0 bridgehead atoms. The van der Waals surface area contributed by atoms with E-state index in [-0.39, 0.29) is 11.7 Å². The number of nitrogens with zero attached hydrogens (tertiary/aromatic N) is 2. The Balaban J connectivity index is 2.27. The number of hydrogen-bond donors (Lipinski definition) is 3. The Kier molecular flexibility index (Phi) is 3.93. The lowest BCUT2D eigenvalue weighted by atomic mass is 10.2. The van der Waals surface area contributed by atoms with Gasteiger partial charge in [-0.05, 0) is 24.3 Å². The van der Waals surface area contributed by atoms with Gasteiger partial charge in [0.1, 0.15) is 0 Å². The zero-order valence-electron chi connectivity index (χ0n) is 10.9. The summed E-state index contributed by atoms with van der Waals surface area (Å²) in [4.78, 5) is 38.3. The maximum atomic E-state index is 11.4. The van der Waals surface area contributed by atoms with Crippen LogP contribution in [0.4, 0.5) is 22.9 Å². The number of nitro groups is 1. The first-order valence-corrected chi connectivity index (χ1v) is 5.84. The summed E-state index contributed by atoms with van der Waals surface area (Å²) in [6.07, 6.45) is 1.07. The van der Waals surface area contributed by atoms with Crippen molar-refractivity contribution < 1.29 is 9.72 Å². The van der Waals surface area contributed by atoms with Crippen molar-refractivity contribution in [1.82, 2.24) is 9.97 Å². The third kappa shape index (κ3) is 3.41. The second-order valence-electron chi connectivity index (χ2n) is 4.07. The van der Waals surface area contributed by atoms with Crippen molar-refractivity contribution in [2.24, 2.45) is 0 Å². The van der Waals surface area contributed by atoms with Gasteiger partial charge in [-0.3, -0.25) is 19.7 Å². The Morgan fingerprint density at radius 1 is 1.29 bits per heavy atom. The number of rotatable bonds is 4. The number of anilines is 3. The second kappa shape index (κ2) is 5.82. The smallest absolute Gasteiger partial charge is 0.334 e. The van der Waals surface area contributed by atoms with Gasteiger partial charge in [0.25, 0.3) is 0 Å². The zero-order valence-corrected chi connectivity index (χ0v) is 10.9. The van der Waals surface area contributed by atoms with Crippen LogP contribution in [0.3, 0.4) is 0 Å². The lowest BCUT2D eigenvalue weighted by molar-refractivity contribution is -0.385. The van der Waals surface area contributed by atoms with Gasteiger partial charge in [0.15, 0.2) is 0 Å². The third-order valence-electron chi connectivity index (χ3n) is 2.48. The van der Waals surface area contributed by atoms with E-state index in [1.54, 1.807) is 24.3 Å². The largest absolute Gasteiger partial charge is 0.376 e. The number of hydrogen-bond acceptors (Lipinski definition) is 6. The molecular weight excluding hydrogens is 278 g/mol. The summed E-state index contributed by atoms with van der Waals surface area (Å²) in [6, 6.07) is 6.42. The van der Waals surface area contributed by atoms with Crippen LogP contribution in [0.1, 0.15) is 6.92 Å². The van der Waals surface area contributed by atoms with Gasteiger partial charge in [-0.2, -0.15) is 0 Å². The van der Waals surface area contributed by atoms with E-state index in [4.69, 9.17) is 0 Å². The Morgan fingerprint density at radius 2 is 1.90 bits per heavy atom. The predicted molar refractivity (Wildman–Crippen MR) is 75.5 cm³/mol. The quantitative estimate of drug-likeness (QED) is 0.575. The summed E-state index contributed by atoms with van der Waals surface area (Å²) in [7, 11) is 0. The van der Waals surface area contributed by atoms with Crippen LogP contribution in [0.2, 0.25) is 0 Å². The fraction of sp³-hybridized carbons (Fsp3) is 0.0833. The average Bonchev–Trinajstić information content (AvgIpc) is 2.40. The van der Waals surface area contributed by atoms with E-state index >= 15 is 0 Å². The normalized spacial score (nSPS) is 9.95. The Hall–Kier alpha value is -3.23. The number of aromatic nitrogens is 2. The number of H-pyrrole nitrogens is 1. The van der Waals surface area contributed by atoms with Gasteiger partial charge < -0.3 is 15.6 Å². The highest BCUT2D eigenvalue weighted by atomic mass is 16.6. The number of carbonyl (C=O) groups is 1. The average molecular weight is 289 g/mol. The molecule has 0 fully saturated rings. The van der Waals surface area contributed by atoms with Crippen molar-refractivity contribution in [3.8, 4) is 0 Å². The molecule has 0 atom stereocenters. The molecule has 0 saturated carbocycles. The van der Waals surface area contributed by atoms with Crippen LogP contribution >= 0.6 is 0 Å². The highest BCUT2D eigenvalue weighted by Crippen LogP contribution is 2.22. The number of aromatic amines is 1. The predicted octanol–water partition coefficient (Wildman–Crippen LogP) is 1.38. The van der Waals surface area contributed by atoms with Crippen LogP contribution in [0.25, 0.3) is 0 Å². The third-order valence-corrected chi connectivity index (χ3v) is 2.48. The Labute approximate surface area is 118 Å². The van der Waals surface area contributed by atoms with E-state index < -0.39 is 16.2 Å². The second-order valence-corrected chi connectivity index (χ2v) is 4.07. The van der Waals surface area contributed by atoms with Gasteiger partial charge in [-0.15, -0.1) is 0 Å². The summed E-state index contributed by atoms with van der Waals surface area (Å²) in [5.74, 6) is -0.362. The zero-order chi connectivity index (χ0) is 15.4. The Morgan fingerprint density at radius 3 is 2.48 bits per heavy atom. The van der Waals surface area contributed by atoms with Crippen molar-refractivity contribution in [2.75, 3.05) is 10.6 Å². The topological polar surface area (TPSA) is 130 Å². The van der Waals surface area contributed by atoms with Gasteiger partial charge >= 0.3 is 11.2 Å². The standard InChI is InChI=1S/C12H11N5O4/c1-7(18)15-8-2-4-9(5-3-8)16-11-10(17(20)21)12(19)14-6-13-11/h2-6H,1H3,(H,15,18)(H2,13,14,16,19). The first-order valence-electron chi connectivity index (χ1n) is 5.84. The first-order chi connectivity index (χ1) is 9.97. The molecule has 108 valence electrons. The molecule has 1 aromatic carbocycles. The van der Waals surface area contributed by atoms with Crippen LogP contribution in [0.15, 0.2) is 35.4 Å². The van der Waals surface area contributed by atoms with Crippen LogP contribution < -0.4 is 16.2 Å². The number of nitrogens with one attached hydrogen (secondary N) is 3. The summed E-state index contributed by atoms with van der Waals surface area (Å²) in [5, 5.41) is 16.1. The highest BCUT2D eigenvalue weighted by Gasteiger charge is 2.20. The first kappa shape index (κ1) is 14.2. The minimum atomic E-state index is -0.840. The molecule has 2 rings (SSSR count). The summed E-state index contributed by atoms with van der Waals surface area (Å²) < 4.78 is 0. The van der Waals surface area contributed by atoms with Crippen molar-refractivity contribution >= 4 is 28.8 Å². The SMILES string of the molecule is CC(=O)Nc1ccc(Nc2nc[nH]c(=O)c2[N+](=O)[O-])cc1. The molecule has 0 unspecified atom stereocenters. The van der Waals surface area contributed by atoms with Gasteiger partial charge in [0.2, 0.25) is 11.7 Å². The molecule has 0 aliphatic heterocycles. The van der Waals surface area contributed by atoms with Gasteiger partial charge in [-0.1, -0.05) is 0 Å². The summed E-state index contributed by atoms with van der Waals surface area (Å²) in [5.41, 5.74) is -0.428. The number of benzene rings is 1. The molecule has 9 nitrogen and oxygen atoms in total. The minimum Gasteiger partial charge on any atom is -0.334 e. The van der Waals surface area contributed by atoms with Crippen molar-refractivity contribution in [1.29, 1.82) is 0 Å². The maximum absolute atomic E-state index is 11.4. The summed E-state index contributed by atoms with van der Waals surface area (Å²) >= 11 is 0. The molecule has 0 radical (unpaired) electrons. The molecule has 0 aliphatic carbocycles. The summed E-state index contributed by atoms with van der Waals surface area (Å²) in [6.45, 7) is 1.38. The van der Waals surface area contributed by atoms with E-state index in [1.165, 1.54) is 6.92 Å². The maximum Gasteiger partial charge on any atom is 0.376 e. The molecule has 0 aliphatic rings. The van der Waals surface area contributed by atoms with E-state index in [0.717, 1.165) is 6.33 Å². The van der Waals surface area contributed by atoms with Crippen LogP contribution in [-0.4, -0.2) is 20.8 Å². The van der Waals surface area contributed by atoms with E-state index in [2.05, 4.69) is 20.6 Å². The highest BCUT2D eigenvalue weighted by molar-refractivity contribution is 5.88. The molecule has 1 amide bonds. The molecule has 1 aromatic heterocycles. The lowest BCUT2D eigenvalue weighted by Crippen LogP contribution is -2.14. The van der Waals surface area contributed by atoms with E-state index in [0.29, 0.717) is 11.4 Å². The number of amides is 1. The van der Waals surface area contributed by atoms with Crippen molar-refractivity contribution in [3.63, 3.8) is 0 Å². The molecule has 21 heavy (non-hydrogen) atoms. The Bertz CT molecular complexity index is 738. The fourth-order valence-corrected chi connectivity index (χ4v) is 1.63. The molecular formula is C12H11N5O4. The monoisotopic (exact) mass is 289 g/mol. The number of carbonyl (C=O) groups excluding carboxylic acids is 1. The molecule has 3 N–H and O–H groups in total. The van der Waals surface area contributed by atoms with Crippen LogP contribution in [0, 0.1) is 10.1 Å². The molecule has 0 spiro atoms. The molecule has 0 saturated heterocycles. The van der Waals surface area contributed by atoms with E-state index in [9.17, 15) is 19.7 Å². The van der Waals surface area contributed by atoms with Gasteiger partial charge in [-0.25, -0.2) is 4.98 Å². The lowest BCUT2D eigenvalue weighted by Gasteiger charge is -2.07. The van der Waals surface area contributed by atoms with Crippen LogP contribution in [0.5, 0.6) is 0 Å². The molecule has 2 aromatic rings. The molecule has 9 heteroatoms. The fourth-order valence-electron chi connectivity index (χ4n) is 1.63. The van der Waals surface area contributed by atoms with Gasteiger partial charge in [0, 0.05) is 18.3 Å². The van der Waals surface area contributed by atoms with Gasteiger partial charge in [0.05, 0.1) is 11.3 Å². The minimum absolute atomic E-state index is 0.156.